The Morgan fingerprint density at radius 3 is 1.71 bits per heavy atom. The second kappa shape index (κ2) is 19.2. The van der Waals surface area contributed by atoms with Crippen LogP contribution in [0.25, 0.3) is 0 Å². The summed E-state index contributed by atoms with van der Waals surface area (Å²) in [5, 5.41) is 22.7. The number of rotatable bonds is 23. The minimum absolute atomic E-state index is 0.0216. The number of aliphatic hydroxyl groups is 2. The minimum atomic E-state index is -1.71. The molecule has 0 unspecified atom stereocenters. The van der Waals surface area contributed by atoms with Crippen molar-refractivity contribution in [3.63, 3.8) is 0 Å². The van der Waals surface area contributed by atoms with Gasteiger partial charge in [0.15, 0.2) is 6.29 Å². The standard InChI is InChI=1S/C30H46O11/c1-7-13-33-19-22-24(31)28(38-18-12-6)30(40-22,21-35-15-9-3)41-29-27(37-17-11-5)25(32)26(36-16-10-4)23(39-29)20-34-14-8-2/h7-12,22-29,31-32H,1-6,13-21H2/t22-,23-,24-,25+,26-,27-,28+,29-,30+/m1/s1. The van der Waals surface area contributed by atoms with Gasteiger partial charge in [-0.25, -0.2) is 0 Å². The fraction of sp³-hybridized carbons (Fsp3) is 0.600. The molecule has 0 radical (unpaired) electrons. The van der Waals surface area contributed by atoms with Crippen LogP contribution in [0.2, 0.25) is 0 Å². The van der Waals surface area contributed by atoms with Crippen LogP contribution in [0.3, 0.4) is 0 Å². The molecule has 2 aliphatic rings. The molecule has 232 valence electrons. The van der Waals surface area contributed by atoms with Crippen molar-refractivity contribution >= 4 is 0 Å². The zero-order chi connectivity index (χ0) is 30.1. The lowest BCUT2D eigenvalue weighted by Crippen LogP contribution is -2.64. The number of hydrogen-bond acceptors (Lipinski definition) is 11. The molecule has 9 atom stereocenters. The zero-order valence-corrected chi connectivity index (χ0v) is 23.8. The SMILES string of the molecule is C=CCOC[C@H]1O[C@@](COCC=C)(O[C@H]2O[C@H](COCC=C)[C@@H](OCC=C)[C@H](O)[C@H]2OCC=C)[C@@H](OCC=C)[C@@H]1O. The predicted molar refractivity (Wildman–Crippen MR) is 152 cm³/mol. The van der Waals surface area contributed by atoms with Gasteiger partial charge in [0.05, 0.1) is 52.9 Å². The molecule has 0 saturated carbocycles. The van der Waals surface area contributed by atoms with Crippen molar-refractivity contribution in [3.05, 3.63) is 75.9 Å². The molecule has 2 N–H and O–H groups in total. The van der Waals surface area contributed by atoms with Crippen molar-refractivity contribution in [1.29, 1.82) is 0 Å². The maximum Gasteiger partial charge on any atom is 0.224 e. The van der Waals surface area contributed by atoms with Gasteiger partial charge in [-0.2, -0.15) is 0 Å². The van der Waals surface area contributed by atoms with Crippen LogP contribution >= 0.6 is 0 Å². The molecular weight excluding hydrogens is 536 g/mol. The molecule has 0 aromatic heterocycles. The van der Waals surface area contributed by atoms with Crippen molar-refractivity contribution in [2.75, 3.05) is 59.5 Å². The van der Waals surface area contributed by atoms with Crippen LogP contribution in [0.4, 0.5) is 0 Å². The molecule has 0 bridgehead atoms. The molecule has 11 heteroatoms. The molecule has 11 nitrogen and oxygen atoms in total. The van der Waals surface area contributed by atoms with Gasteiger partial charge in [-0.05, 0) is 0 Å². The van der Waals surface area contributed by atoms with Gasteiger partial charge in [-0.15, -0.1) is 39.5 Å². The molecule has 0 aliphatic carbocycles. The van der Waals surface area contributed by atoms with E-state index in [1.807, 2.05) is 0 Å². The highest BCUT2D eigenvalue weighted by atomic mass is 16.8. The highest BCUT2D eigenvalue weighted by Gasteiger charge is 2.60. The highest BCUT2D eigenvalue weighted by Crippen LogP contribution is 2.39. The van der Waals surface area contributed by atoms with Crippen molar-refractivity contribution in [1.82, 2.24) is 0 Å². The first-order valence-electron chi connectivity index (χ1n) is 13.5. The molecule has 0 aromatic carbocycles. The molecule has 0 amide bonds. The molecular formula is C30H46O11. The van der Waals surface area contributed by atoms with E-state index in [1.165, 1.54) is 12.2 Å². The quantitative estimate of drug-likeness (QED) is 0.136. The van der Waals surface area contributed by atoms with Gasteiger partial charge in [0.25, 0.3) is 0 Å². The van der Waals surface area contributed by atoms with Crippen LogP contribution in [0.15, 0.2) is 75.9 Å². The summed E-state index contributed by atoms with van der Waals surface area (Å²) in [6.07, 6.45) is 1.13. The number of ether oxygens (including phenoxy) is 9. The lowest BCUT2D eigenvalue weighted by Gasteiger charge is -2.46. The van der Waals surface area contributed by atoms with E-state index >= 15 is 0 Å². The molecule has 0 aromatic rings. The molecule has 0 spiro atoms. The van der Waals surface area contributed by atoms with Gasteiger partial charge >= 0.3 is 0 Å². The molecule has 2 aliphatic heterocycles. The van der Waals surface area contributed by atoms with E-state index in [0.717, 1.165) is 0 Å². The monoisotopic (exact) mass is 582 g/mol. The summed E-state index contributed by atoms with van der Waals surface area (Å²) in [4.78, 5) is 0. The fourth-order valence-electron chi connectivity index (χ4n) is 4.50. The van der Waals surface area contributed by atoms with Crippen LogP contribution in [0.5, 0.6) is 0 Å². The summed E-state index contributed by atoms with van der Waals surface area (Å²) in [5.74, 6) is -1.71. The topological polar surface area (TPSA) is 124 Å². The van der Waals surface area contributed by atoms with Crippen molar-refractivity contribution in [3.8, 4) is 0 Å². The largest absolute Gasteiger partial charge is 0.387 e. The second-order valence-corrected chi connectivity index (χ2v) is 9.28. The van der Waals surface area contributed by atoms with Gasteiger partial charge < -0.3 is 52.8 Å². The average molecular weight is 583 g/mol. The normalized spacial score (nSPS) is 33.2. The Balaban J connectivity index is 2.47. The van der Waals surface area contributed by atoms with E-state index in [9.17, 15) is 10.2 Å². The first-order valence-corrected chi connectivity index (χ1v) is 13.5. The Bertz CT molecular complexity index is 818. The summed E-state index contributed by atoms with van der Waals surface area (Å²) in [6, 6.07) is 0. The Kier molecular flexibility index (Phi) is 16.5. The van der Waals surface area contributed by atoms with Crippen LogP contribution in [-0.2, 0) is 42.6 Å². The van der Waals surface area contributed by atoms with Gasteiger partial charge in [-0.3, -0.25) is 0 Å². The van der Waals surface area contributed by atoms with E-state index < -0.39 is 54.8 Å². The fourth-order valence-corrected chi connectivity index (χ4v) is 4.50. The van der Waals surface area contributed by atoms with E-state index in [-0.39, 0.29) is 59.5 Å². The zero-order valence-electron chi connectivity index (χ0n) is 23.8. The van der Waals surface area contributed by atoms with Crippen molar-refractivity contribution in [2.45, 2.75) is 54.8 Å². The second-order valence-electron chi connectivity index (χ2n) is 9.28. The third-order valence-corrected chi connectivity index (χ3v) is 6.19. The minimum Gasteiger partial charge on any atom is -0.387 e. The summed E-state index contributed by atoms with van der Waals surface area (Å²) in [6.45, 7) is 22.9. The maximum atomic E-state index is 11.4. The van der Waals surface area contributed by atoms with Crippen LogP contribution in [0, 0.1) is 0 Å². The lowest BCUT2D eigenvalue weighted by atomic mass is 9.98. The number of hydrogen-bond donors (Lipinski definition) is 2. The van der Waals surface area contributed by atoms with E-state index in [1.54, 1.807) is 24.3 Å². The lowest BCUT2D eigenvalue weighted by molar-refractivity contribution is -0.391. The van der Waals surface area contributed by atoms with Crippen LogP contribution in [0.1, 0.15) is 0 Å². The highest BCUT2D eigenvalue weighted by molar-refractivity contribution is 5.01. The van der Waals surface area contributed by atoms with Crippen molar-refractivity contribution < 1.29 is 52.8 Å². The third-order valence-electron chi connectivity index (χ3n) is 6.19. The van der Waals surface area contributed by atoms with E-state index in [2.05, 4.69) is 39.5 Å². The first kappa shape index (κ1) is 35.2. The van der Waals surface area contributed by atoms with E-state index in [4.69, 9.17) is 42.6 Å². The summed E-state index contributed by atoms with van der Waals surface area (Å²) in [7, 11) is 0. The Morgan fingerprint density at radius 1 is 0.610 bits per heavy atom. The number of aliphatic hydroxyl groups excluding tert-OH is 2. The predicted octanol–water partition coefficient (Wildman–Crippen LogP) is 1.87. The molecule has 41 heavy (non-hydrogen) atoms. The van der Waals surface area contributed by atoms with Gasteiger partial charge in [0, 0.05) is 0 Å². The molecule has 2 heterocycles. The Hall–Kier alpha value is -2.00. The summed E-state index contributed by atoms with van der Waals surface area (Å²) in [5.41, 5.74) is 0. The van der Waals surface area contributed by atoms with Crippen LogP contribution in [-0.4, -0.2) is 124 Å². The van der Waals surface area contributed by atoms with Gasteiger partial charge in [-0.1, -0.05) is 36.5 Å². The Morgan fingerprint density at radius 2 is 1.12 bits per heavy atom. The third kappa shape index (κ3) is 10.1. The Labute approximate surface area is 243 Å². The molecule has 2 saturated heterocycles. The summed E-state index contributed by atoms with van der Waals surface area (Å²) >= 11 is 0. The van der Waals surface area contributed by atoms with Gasteiger partial charge in [0.2, 0.25) is 5.79 Å². The molecule has 2 fully saturated rings. The van der Waals surface area contributed by atoms with Crippen molar-refractivity contribution in [2.24, 2.45) is 0 Å². The van der Waals surface area contributed by atoms with Gasteiger partial charge in [0.1, 0.15) is 49.3 Å². The molecule has 2 rings (SSSR count). The van der Waals surface area contributed by atoms with Crippen LogP contribution < -0.4 is 0 Å². The smallest absolute Gasteiger partial charge is 0.224 e. The average Bonchev–Trinajstić information content (AvgIpc) is 3.21. The first-order chi connectivity index (χ1) is 19.9. The van der Waals surface area contributed by atoms with E-state index in [0.29, 0.717) is 0 Å². The summed E-state index contributed by atoms with van der Waals surface area (Å²) < 4.78 is 53.9. The maximum absolute atomic E-state index is 11.4.